The largest absolute Gasteiger partial charge is 0.345 e. The summed E-state index contributed by atoms with van der Waals surface area (Å²) >= 11 is 3.32. The number of thiazole rings is 1. The third-order valence-corrected chi connectivity index (χ3v) is 6.26. The second kappa shape index (κ2) is 6.87. The monoisotopic (exact) mass is 354 g/mol. The van der Waals surface area contributed by atoms with E-state index in [0.29, 0.717) is 6.54 Å². The van der Waals surface area contributed by atoms with Gasteiger partial charge >= 0.3 is 0 Å². The molecule has 5 heteroatoms. The van der Waals surface area contributed by atoms with Crippen LogP contribution in [0.15, 0.2) is 41.1 Å². The van der Waals surface area contributed by atoms with Gasteiger partial charge in [0.1, 0.15) is 5.01 Å². The first kappa shape index (κ1) is 15.5. The third-order valence-electron chi connectivity index (χ3n) is 4.33. The van der Waals surface area contributed by atoms with Crippen molar-refractivity contribution in [2.24, 2.45) is 0 Å². The number of fused-ring (bicyclic) bond motifs is 1. The fourth-order valence-corrected chi connectivity index (χ4v) is 4.94. The van der Waals surface area contributed by atoms with E-state index in [1.54, 1.807) is 22.7 Å². The molecule has 0 spiro atoms. The number of nitrogens with one attached hydrogen (secondary N) is 1. The average Bonchev–Trinajstić information content (AvgIpc) is 3.27. The Balaban J connectivity index is 1.43. The van der Waals surface area contributed by atoms with Gasteiger partial charge < -0.3 is 5.32 Å². The lowest BCUT2D eigenvalue weighted by Crippen LogP contribution is -2.23. The van der Waals surface area contributed by atoms with E-state index in [0.717, 1.165) is 34.7 Å². The molecule has 0 radical (unpaired) electrons. The third kappa shape index (κ3) is 3.14. The molecule has 1 aromatic carbocycles. The van der Waals surface area contributed by atoms with E-state index in [-0.39, 0.29) is 5.91 Å². The second-order valence-corrected chi connectivity index (χ2v) is 7.84. The van der Waals surface area contributed by atoms with Gasteiger partial charge in [-0.15, -0.1) is 22.7 Å². The van der Waals surface area contributed by atoms with Crippen molar-refractivity contribution in [1.82, 2.24) is 10.3 Å². The van der Waals surface area contributed by atoms with Crippen molar-refractivity contribution in [2.45, 2.75) is 32.2 Å². The highest BCUT2D eigenvalue weighted by Gasteiger charge is 2.20. The van der Waals surface area contributed by atoms with Crippen LogP contribution in [0.1, 0.15) is 38.6 Å². The highest BCUT2D eigenvalue weighted by molar-refractivity contribution is 7.10. The summed E-state index contributed by atoms with van der Waals surface area (Å²) in [5.74, 6) is 0.0332. The van der Waals surface area contributed by atoms with Crippen LogP contribution in [0.3, 0.4) is 0 Å². The number of amides is 1. The number of hydrogen-bond donors (Lipinski definition) is 1. The molecule has 0 unspecified atom stereocenters. The van der Waals surface area contributed by atoms with E-state index >= 15 is 0 Å². The van der Waals surface area contributed by atoms with Gasteiger partial charge in [-0.25, -0.2) is 4.98 Å². The van der Waals surface area contributed by atoms with Crippen LogP contribution in [0.5, 0.6) is 0 Å². The number of benzene rings is 1. The number of aromatic nitrogens is 1. The quantitative estimate of drug-likeness (QED) is 0.739. The van der Waals surface area contributed by atoms with E-state index in [9.17, 15) is 4.79 Å². The summed E-state index contributed by atoms with van der Waals surface area (Å²) < 4.78 is 0. The van der Waals surface area contributed by atoms with Crippen LogP contribution >= 0.6 is 22.7 Å². The molecule has 2 aromatic heterocycles. The maximum atomic E-state index is 12.5. The Morgan fingerprint density at radius 3 is 2.79 bits per heavy atom. The Kier molecular flexibility index (Phi) is 4.45. The number of hydrogen-bond acceptors (Lipinski definition) is 4. The lowest BCUT2D eigenvalue weighted by molar-refractivity contribution is 0.0950. The number of carbonyl (C=O) groups excluding carboxylic acids is 1. The summed E-state index contributed by atoms with van der Waals surface area (Å²) in [6.45, 7) is 0.487. The minimum Gasteiger partial charge on any atom is -0.345 e. The highest BCUT2D eigenvalue weighted by atomic mass is 32.1. The summed E-state index contributed by atoms with van der Waals surface area (Å²) in [4.78, 5) is 18.5. The molecular weight excluding hydrogens is 336 g/mol. The lowest BCUT2D eigenvalue weighted by Gasteiger charge is -2.12. The van der Waals surface area contributed by atoms with Gasteiger partial charge in [0.25, 0.3) is 5.91 Å². The summed E-state index contributed by atoms with van der Waals surface area (Å²) in [6, 6.07) is 10.1. The lowest BCUT2D eigenvalue weighted by atomic mass is 9.96. The predicted molar refractivity (Wildman–Crippen MR) is 99.7 cm³/mol. The summed E-state index contributed by atoms with van der Waals surface area (Å²) in [6.07, 6.45) is 4.60. The van der Waals surface area contributed by atoms with E-state index in [1.165, 1.54) is 23.3 Å². The van der Waals surface area contributed by atoms with Crippen molar-refractivity contribution in [3.8, 4) is 11.3 Å². The molecule has 1 N–H and O–H groups in total. The van der Waals surface area contributed by atoms with Crippen LogP contribution in [-0.2, 0) is 19.4 Å². The normalized spacial score (nSPS) is 13.5. The summed E-state index contributed by atoms with van der Waals surface area (Å²) in [5.41, 5.74) is 4.22. The van der Waals surface area contributed by atoms with Crippen molar-refractivity contribution in [3.05, 3.63) is 62.1 Å². The molecule has 1 aliphatic rings. The van der Waals surface area contributed by atoms with Gasteiger partial charge in [-0.3, -0.25) is 4.79 Å². The zero-order chi connectivity index (χ0) is 16.4. The van der Waals surface area contributed by atoms with Crippen molar-refractivity contribution in [1.29, 1.82) is 0 Å². The van der Waals surface area contributed by atoms with E-state index in [2.05, 4.69) is 22.4 Å². The van der Waals surface area contributed by atoms with Crippen molar-refractivity contribution in [3.63, 3.8) is 0 Å². The predicted octanol–water partition coefficient (Wildman–Crippen LogP) is 4.68. The Bertz CT molecular complexity index is 851. The maximum Gasteiger partial charge on any atom is 0.252 e. The fourth-order valence-electron chi connectivity index (χ4n) is 3.07. The standard InChI is InChI=1S/C19H18N2OS2/c22-19(15-11-23-17-9-5-4-8-14(15)17)20-10-18-21-16(12-24-18)13-6-2-1-3-7-13/h1-3,6-7,11-12H,4-5,8-10H2,(H,20,22). The van der Waals surface area contributed by atoms with Crippen LogP contribution in [0.25, 0.3) is 11.3 Å². The van der Waals surface area contributed by atoms with Gasteiger partial charge in [-0.2, -0.15) is 0 Å². The van der Waals surface area contributed by atoms with Gasteiger partial charge in [0, 0.05) is 21.2 Å². The Morgan fingerprint density at radius 1 is 1.08 bits per heavy atom. The first-order chi connectivity index (χ1) is 11.8. The van der Waals surface area contributed by atoms with Crippen LogP contribution in [-0.4, -0.2) is 10.9 Å². The number of rotatable bonds is 4. The van der Waals surface area contributed by atoms with Crippen LogP contribution in [0.2, 0.25) is 0 Å². The van der Waals surface area contributed by atoms with Gasteiger partial charge in [0.15, 0.2) is 0 Å². The molecule has 0 atom stereocenters. The minimum absolute atomic E-state index is 0.0332. The molecule has 24 heavy (non-hydrogen) atoms. The smallest absolute Gasteiger partial charge is 0.252 e. The minimum atomic E-state index is 0.0332. The van der Waals surface area contributed by atoms with Crippen LogP contribution < -0.4 is 5.32 Å². The van der Waals surface area contributed by atoms with Crippen LogP contribution in [0, 0.1) is 0 Å². The fraction of sp³-hybridized carbons (Fsp3) is 0.263. The van der Waals surface area contributed by atoms with Crippen molar-refractivity contribution < 1.29 is 4.79 Å². The van der Waals surface area contributed by atoms with Gasteiger partial charge in [-0.1, -0.05) is 30.3 Å². The first-order valence-corrected chi connectivity index (χ1v) is 9.94. The maximum absolute atomic E-state index is 12.5. The second-order valence-electron chi connectivity index (χ2n) is 5.93. The first-order valence-electron chi connectivity index (χ1n) is 8.18. The molecule has 122 valence electrons. The van der Waals surface area contributed by atoms with Gasteiger partial charge in [-0.05, 0) is 31.2 Å². The molecular formula is C19H18N2OS2. The number of thiophene rings is 1. The molecule has 1 amide bonds. The Morgan fingerprint density at radius 2 is 1.92 bits per heavy atom. The number of aryl methyl sites for hydroxylation is 1. The topological polar surface area (TPSA) is 42.0 Å². The molecule has 0 bridgehead atoms. The average molecular weight is 355 g/mol. The molecule has 0 aliphatic heterocycles. The summed E-state index contributed by atoms with van der Waals surface area (Å²) in [7, 11) is 0. The SMILES string of the molecule is O=C(NCc1nc(-c2ccccc2)cs1)c1csc2c1CCCC2. The highest BCUT2D eigenvalue weighted by Crippen LogP contribution is 2.30. The van der Waals surface area contributed by atoms with Gasteiger partial charge in [0.2, 0.25) is 0 Å². The van der Waals surface area contributed by atoms with E-state index in [1.807, 2.05) is 29.0 Å². The molecule has 1 aliphatic carbocycles. The molecule has 0 saturated carbocycles. The van der Waals surface area contributed by atoms with E-state index in [4.69, 9.17) is 0 Å². The van der Waals surface area contributed by atoms with Crippen molar-refractivity contribution in [2.75, 3.05) is 0 Å². The molecule has 2 heterocycles. The molecule has 3 nitrogen and oxygen atoms in total. The molecule has 0 fully saturated rings. The summed E-state index contributed by atoms with van der Waals surface area (Å²) in [5, 5.41) is 8.03. The van der Waals surface area contributed by atoms with Gasteiger partial charge in [0.05, 0.1) is 17.8 Å². The molecule has 0 saturated heterocycles. The zero-order valence-corrected chi connectivity index (χ0v) is 14.9. The Hall–Kier alpha value is -1.98. The number of nitrogens with zero attached hydrogens (tertiary/aromatic N) is 1. The molecule has 4 rings (SSSR count). The van der Waals surface area contributed by atoms with Crippen LogP contribution in [0.4, 0.5) is 0 Å². The van der Waals surface area contributed by atoms with Crippen molar-refractivity contribution >= 4 is 28.6 Å². The zero-order valence-electron chi connectivity index (χ0n) is 13.2. The molecule has 3 aromatic rings. The number of carbonyl (C=O) groups is 1. The van der Waals surface area contributed by atoms with E-state index < -0.39 is 0 Å². The Labute approximate surface area is 149 Å².